The third kappa shape index (κ3) is 1.85. The van der Waals surface area contributed by atoms with Gasteiger partial charge in [0.25, 0.3) is 0 Å². The molecule has 0 unspecified atom stereocenters. The second-order valence-electron chi connectivity index (χ2n) is 5.10. The zero-order valence-corrected chi connectivity index (χ0v) is 11.2. The van der Waals surface area contributed by atoms with E-state index in [1.165, 1.54) is 4.57 Å². The van der Waals surface area contributed by atoms with Crippen molar-refractivity contribution in [3.8, 4) is 0 Å². The van der Waals surface area contributed by atoms with E-state index in [2.05, 4.69) is 6.58 Å². The van der Waals surface area contributed by atoms with E-state index in [4.69, 9.17) is 5.11 Å². The number of aromatic nitrogens is 1. The average molecular weight is 309 g/mol. The minimum Gasteiger partial charge on any atom is -0.477 e. The maximum absolute atomic E-state index is 14.2. The van der Waals surface area contributed by atoms with Gasteiger partial charge in [0, 0.05) is 17.8 Å². The molecule has 22 heavy (non-hydrogen) atoms. The van der Waals surface area contributed by atoms with Crippen LogP contribution in [-0.4, -0.2) is 15.6 Å². The topological polar surface area (TPSA) is 59.3 Å². The highest BCUT2D eigenvalue weighted by Gasteiger charge is 2.31. The summed E-state index contributed by atoms with van der Waals surface area (Å²) in [5, 5.41) is 8.61. The largest absolute Gasteiger partial charge is 0.477 e. The predicted octanol–water partition coefficient (Wildman–Crippen LogP) is 3.09. The van der Waals surface area contributed by atoms with Gasteiger partial charge in [0.05, 0.1) is 10.9 Å². The molecule has 1 aromatic carbocycles. The molecule has 114 valence electrons. The summed E-state index contributed by atoms with van der Waals surface area (Å²) in [6.45, 7) is 3.29. The number of carboxylic acids is 1. The Morgan fingerprint density at radius 2 is 1.91 bits per heavy atom. The fraction of sp³-hybridized carbons (Fsp3) is 0.200. The number of hydrogen-bond donors (Lipinski definition) is 1. The molecule has 0 atom stereocenters. The lowest BCUT2D eigenvalue weighted by Crippen LogP contribution is -2.21. The molecule has 7 heteroatoms. The zero-order chi connectivity index (χ0) is 16.2. The first kappa shape index (κ1) is 14.4. The lowest BCUT2D eigenvalue weighted by Gasteiger charge is -2.15. The number of carbonyl (C=O) groups is 1. The van der Waals surface area contributed by atoms with Crippen LogP contribution in [0.4, 0.5) is 13.2 Å². The first-order valence-electron chi connectivity index (χ1n) is 6.49. The van der Waals surface area contributed by atoms with Gasteiger partial charge in [-0.1, -0.05) is 12.7 Å². The molecule has 0 spiro atoms. The van der Waals surface area contributed by atoms with Crippen molar-refractivity contribution in [1.82, 2.24) is 4.57 Å². The molecule has 1 aliphatic carbocycles. The third-order valence-corrected chi connectivity index (χ3v) is 3.71. The number of carboxylic acid groups (broad SMARTS) is 1. The Morgan fingerprint density at radius 1 is 1.27 bits per heavy atom. The van der Waals surface area contributed by atoms with Gasteiger partial charge in [0.2, 0.25) is 5.43 Å². The Bertz CT molecular complexity index is 898. The summed E-state index contributed by atoms with van der Waals surface area (Å²) in [5.74, 6) is -6.28. The van der Waals surface area contributed by atoms with Gasteiger partial charge in [0.1, 0.15) is 5.56 Å². The molecule has 0 saturated heterocycles. The molecule has 0 bridgehead atoms. The van der Waals surface area contributed by atoms with Gasteiger partial charge in [-0.3, -0.25) is 4.79 Å². The minimum absolute atomic E-state index is 0.238. The van der Waals surface area contributed by atoms with Crippen LogP contribution in [0.3, 0.4) is 0 Å². The summed E-state index contributed by atoms with van der Waals surface area (Å²) in [6, 6.07) is -0.238. The van der Waals surface area contributed by atoms with E-state index in [0.717, 1.165) is 12.3 Å². The highest BCUT2D eigenvalue weighted by atomic mass is 19.2. The maximum atomic E-state index is 14.2. The van der Waals surface area contributed by atoms with Crippen LogP contribution in [-0.2, 0) is 0 Å². The number of nitrogens with zero attached hydrogens (tertiary/aromatic N) is 1. The molecule has 1 aromatic heterocycles. The smallest absolute Gasteiger partial charge is 0.341 e. The highest BCUT2D eigenvalue weighted by molar-refractivity contribution is 5.96. The summed E-state index contributed by atoms with van der Waals surface area (Å²) in [7, 11) is 0. The average Bonchev–Trinajstić information content (AvgIpc) is 3.30. The predicted molar refractivity (Wildman–Crippen MR) is 73.4 cm³/mol. The molecule has 3 rings (SSSR count). The molecule has 1 aliphatic rings. The van der Waals surface area contributed by atoms with E-state index < -0.39 is 50.9 Å². The van der Waals surface area contributed by atoms with Crippen molar-refractivity contribution in [2.75, 3.05) is 0 Å². The molecular weight excluding hydrogens is 299 g/mol. The standard InChI is InChI=1S/C15H10F3NO3/c1-2-7-9-13(12(18)11(17)10(7)16)19(6-3-4-6)5-8(14(9)20)15(21)22/h2,5-6H,1,3-4H2,(H,21,22). The number of aromatic carboxylic acids is 1. The second kappa shape index (κ2) is 4.72. The van der Waals surface area contributed by atoms with Gasteiger partial charge in [-0.15, -0.1) is 0 Å². The molecular formula is C15H10F3NO3. The van der Waals surface area contributed by atoms with E-state index >= 15 is 0 Å². The van der Waals surface area contributed by atoms with Crippen molar-refractivity contribution in [2.45, 2.75) is 18.9 Å². The summed E-state index contributed by atoms with van der Waals surface area (Å²) in [5.41, 5.74) is -2.64. The van der Waals surface area contributed by atoms with Crippen LogP contribution in [0.1, 0.15) is 34.8 Å². The van der Waals surface area contributed by atoms with Crippen LogP contribution in [0.25, 0.3) is 17.0 Å². The maximum Gasteiger partial charge on any atom is 0.341 e. The van der Waals surface area contributed by atoms with Crippen molar-refractivity contribution in [3.05, 3.63) is 51.6 Å². The number of rotatable bonds is 3. The van der Waals surface area contributed by atoms with Gasteiger partial charge in [-0.05, 0) is 12.8 Å². The summed E-state index contributed by atoms with van der Waals surface area (Å²) < 4.78 is 43.0. The molecule has 1 fully saturated rings. The Balaban J connectivity index is 2.63. The fourth-order valence-corrected chi connectivity index (χ4v) is 2.52. The van der Waals surface area contributed by atoms with Gasteiger partial charge in [-0.25, -0.2) is 18.0 Å². The van der Waals surface area contributed by atoms with Gasteiger partial charge >= 0.3 is 5.97 Å². The monoisotopic (exact) mass is 309 g/mol. The van der Waals surface area contributed by atoms with E-state index in [9.17, 15) is 22.8 Å². The van der Waals surface area contributed by atoms with E-state index in [-0.39, 0.29) is 6.04 Å². The van der Waals surface area contributed by atoms with Crippen molar-refractivity contribution in [2.24, 2.45) is 0 Å². The number of pyridine rings is 1. The molecule has 2 aromatic rings. The van der Waals surface area contributed by atoms with Gasteiger partial charge in [0.15, 0.2) is 17.5 Å². The Morgan fingerprint density at radius 3 is 2.41 bits per heavy atom. The number of fused-ring (bicyclic) bond motifs is 1. The van der Waals surface area contributed by atoms with E-state index in [1.54, 1.807) is 0 Å². The molecule has 1 heterocycles. The van der Waals surface area contributed by atoms with Crippen LogP contribution in [0, 0.1) is 17.5 Å². The lowest BCUT2D eigenvalue weighted by atomic mass is 10.0. The van der Waals surface area contributed by atoms with E-state index in [1.807, 2.05) is 0 Å². The van der Waals surface area contributed by atoms with Gasteiger partial charge < -0.3 is 9.67 Å². The SMILES string of the molecule is C=Cc1c(F)c(F)c(F)c2c1c(=O)c(C(=O)O)cn2C1CC1. The normalized spacial score (nSPS) is 14.3. The van der Waals surface area contributed by atoms with Crippen molar-refractivity contribution < 1.29 is 23.1 Å². The molecule has 0 aliphatic heterocycles. The number of benzene rings is 1. The molecule has 0 amide bonds. The van der Waals surface area contributed by atoms with Crippen LogP contribution in [0.5, 0.6) is 0 Å². The van der Waals surface area contributed by atoms with Crippen molar-refractivity contribution in [3.63, 3.8) is 0 Å². The Hall–Kier alpha value is -2.57. The van der Waals surface area contributed by atoms with Crippen LogP contribution in [0.15, 0.2) is 17.6 Å². The summed E-state index contributed by atoms with van der Waals surface area (Å²) >= 11 is 0. The molecule has 1 saturated carbocycles. The second-order valence-corrected chi connectivity index (χ2v) is 5.10. The number of hydrogen-bond acceptors (Lipinski definition) is 2. The van der Waals surface area contributed by atoms with Crippen molar-refractivity contribution in [1.29, 1.82) is 0 Å². The molecule has 0 radical (unpaired) electrons. The van der Waals surface area contributed by atoms with Crippen LogP contribution >= 0.6 is 0 Å². The fourth-order valence-electron chi connectivity index (χ4n) is 2.52. The van der Waals surface area contributed by atoms with E-state index in [0.29, 0.717) is 12.8 Å². The first-order valence-corrected chi connectivity index (χ1v) is 6.49. The quantitative estimate of drug-likeness (QED) is 0.886. The summed E-state index contributed by atoms with van der Waals surface area (Å²) in [4.78, 5) is 23.5. The summed E-state index contributed by atoms with van der Waals surface area (Å²) in [6.07, 6.45) is 3.14. The number of halogens is 3. The molecule has 1 N–H and O–H groups in total. The van der Waals surface area contributed by atoms with Crippen molar-refractivity contribution >= 4 is 22.9 Å². The van der Waals surface area contributed by atoms with Crippen LogP contribution in [0.2, 0.25) is 0 Å². The first-order chi connectivity index (χ1) is 10.4. The minimum atomic E-state index is -1.71. The lowest BCUT2D eigenvalue weighted by molar-refractivity contribution is 0.0695. The Kier molecular flexibility index (Phi) is 3.09. The van der Waals surface area contributed by atoms with Gasteiger partial charge in [-0.2, -0.15) is 0 Å². The van der Waals surface area contributed by atoms with Crippen LogP contribution < -0.4 is 5.43 Å². The third-order valence-electron chi connectivity index (χ3n) is 3.71. The Labute approximate surface area is 122 Å². The highest BCUT2D eigenvalue weighted by Crippen LogP contribution is 2.39. The zero-order valence-electron chi connectivity index (χ0n) is 11.2. The molecule has 4 nitrogen and oxygen atoms in total.